The Morgan fingerprint density at radius 2 is 2.00 bits per heavy atom. The van der Waals surface area contributed by atoms with Gasteiger partial charge in [0.2, 0.25) is 0 Å². The van der Waals surface area contributed by atoms with Crippen LogP contribution in [0.1, 0.15) is 28.7 Å². The number of amides is 1. The topological polar surface area (TPSA) is 56.2 Å². The predicted molar refractivity (Wildman–Crippen MR) is 84.3 cm³/mol. The van der Waals surface area contributed by atoms with E-state index in [0.29, 0.717) is 25.3 Å². The fourth-order valence-corrected chi connectivity index (χ4v) is 2.59. The van der Waals surface area contributed by atoms with Crippen molar-refractivity contribution >= 4 is 5.91 Å². The number of hydrogen-bond donors (Lipinski definition) is 1. The Labute approximate surface area is 130 Å². The fraction of sp³-hybridized carbons (Fsp3) is 0.412. The molecule has 1 aliphatic heterocycles. The SMILES string of the molecule is Cc1cc(C)n(-c2ccc(C(=O)NCC3(C)COC3)cc2)n1. The van der Waals surface area contributed by atoms with Crippen LogP contribution in [0.15, 0.2) is 30.3 Å². The van der Waals surface area contributed by atoms with E-state index in [2.05, 4.69) is 17.3 Å². The van der Waals surface area contributed by atoms with E-state index in [1.54, 1.807) is 0 Å². The minimum atomic E-state index is -0.0481. The first-order valence-corrected chi connectivity index (χ1v) is 7.47. The summed E-state index contributed by atoms with van der Waals surface area (Å²) in [6.07, 6.45) is 0. The number of aromatic nitrogens is 2. The second-order valence-corrected chi connectivity index (χ2v) is 6.37. The van der Waals surface area contributed by atoms with Gasteiger partial charge in [-0.25, -0.2) is 4.68 Å². The Kier molecular flexibility index (Phi) is 3.74. The van der Waals surface area contributed by atoms with Gasteiger partial charge in [-0.1, -0.05) is 6.92 Å². The summed E-state index contributed by atoms with van der Waals surface area (Å²) in [7, 11) is 0. The molecule has 1 amide bonds. The molecule has 5 heteroatoms. The molecule has 0 unspecified atom stereocenters. The van der Waals surface area contributed by atoms with Gasteiger partial charge >= 0.3 is 0 Å². The summed E-state index contributed by atoms with van der Waals surface area (Å²) < 4.78 is 7.07. The maximum Gasteiger partial charge on any atom is 0.251 e. The van der Waals surface area contributed by atoms with Crippen LogP contribution in [0.3, 0.4) is 0 Å². The van der Waals surface area contributed by atoms with E-state index in [9.17, 15) is 4.79 Å². The van der Waals surface area contributed by atoms with E-state index in [0.717, 1.165) is 17.1 Å². The number of carbonyl (C=O) groups excluding carboxylic acids is 1. The van der Waals surface area contributed by atoms with Gasteiger partial charge in [0.15, 0.2) is 0 Å². The highest BCUT2D eigenvalue weighted by molar-refractivity contribution is 5.94. The predicted octanol–water partition coefficient (Wildman–Crippen LogP) is 2.26. The van der Waals surface area contributed by atoms with Crippen LogP contribution in [0.25, 0.3) is 5.69 Å². The van der Waals surface area contributed by atoms with Crippen LogP contribution < -0.4 is 5.32 Å². The first-order valence-electron chi connectivity index (χ1n) is 7.47. The Morgan fingerprint density at radius 1 is 1.32 bits per heavy atom. The maximum absolute atomic E-state index is 12.2. The summed E-state index contributed by atoms with van der Waals surface area (Å²) in [5, 5.41) is 7.42. The largest absolute Gasteiger partial charge is 0.380 e. The summed E-state index contributed by atoms with van der Waals surface area (Å²) in [5.74, 6) is -0.0481. The third kappa shape index (κ3) is 2.90. The van der Waals surface area contributed by atoms with Gasteiger partial charge in [0.25, 0.3) is 5.91 Å². The van der Waals surface area contributed by atoms with E-state index in [1.807, 2.05) is 48.9 Å². The van der Waals surface area contributed by atoms with E-state index in [1.165, 1.54) is 0 Å². The van der Waals surface area contributed by atoms with Gasteiger partial charge in [0, 0.05) is 23.2 Å². The number of aryl methyl sites for hydroxylation is 2. The third-order valence-corrected chi connectivity index (χ3v) is 3.96. The second-order valence-electron chi connectivity index (χ2n) is 6.37. The van der Waals surface area contributed by atoms with Crippen molar-refractivity contribution in [2.24, 2.45) is 5.41 Å². The van der Waals surface area contributed by atoms with Gasteiger partial charge in [0.05, 0.1) is 24.6 Å². The van der Waals surface area contributed by atoms with Crippen molar-refractivity contribution in [2.75, 3.05) is 19.8 Å². The first-order chi connectivity index (χ1) is 10.5. The maximum atomic E-state index is 12.2. The fourth-order valence-electron chi connectivity index (χ4n) is 2.59. The lowest BCUT2D eigenvalue weighted by Crippen LogP contribution is -2.48. The minimum absolute atomic E-state index is 0.0481. The number of nitrogens with zero attached hydrogens (tertiary/aromatic N) is 2. The number of ether oxygens (including phenoxy) is 1. The summed E-state index contributed by atoms with van der Waals surface area (Å²) in [6.45, 7) is 8.17. The lowest BCUT2D eigenvalue weighted by molar-refractivity contribution is -0.0978. The molecule has 1 aromatic carbocycles. The van der Waals surface area contributed by atoms with Crippen LogP contribution >= 0.6 is 0 Å². The molecule has 0 radical (unpaired) electrons. The average Bonchev–Trinajstić information content (AvgIpc) is 2.81. The molecule has 0 saturated carbocycles. The monoisotopic (exact) mass is 299 g/mol. The lowest BCUT2D eigenvalue weighted by atomic mass is 9.88. The highest BCUT2D eigenvalue weighted by Crippen LogP contribution is 2.25. The van der Waals surface area contributed by atoms with E-state index < -0.39 is 0 Å². The van der Waals surface area contributed by atoms with Crippen LogP contribution in [0.2, 0.25) is 0 Å². The highest BCUT2D eigenvalue weighted by atomic mass is 16.5. The Morgan fingerprint density at radius 3 is 2.50 bits per heavy atom. The normalized spacial score (nSPS) is 16.1. The molecule has 0 spiro atoms. The molecule has 1 aliphatic rings. The van der Waals surface area contributed by atoms with Gasteiger partial charge in [-0.05, 0) is 44.2 Å². The molecule has 1 N–H and O–H groups in total. The highest BCUT2D eigenvalue weighted by Gasteiger charge is 2.33. The zero-order chi connectivity index (χ0) is 15.7. The van der Waals surface area contributed by atoms with Crippen molar-refractivity contribution in [2.45, 2.75) is 20.8 Å². The molecular weight excluding hydrogens is 278 g/mol. The molecule has 1 saturated heterocycles. The molecule has 0 aliphatic carbocycles. The molecule has 5 nitrogen and oxygen atoms in total. The van der Waals surface area contributed by atoms with Gasteiger partial charge in [0.1, 0.15) is 0 Å². The van der Waals surface area contributed by atoms with Gasteiger partial charge in [-0.2, -0.15) is 5.10 Å². The van der Waals surface area contributed by atoms with Crippen LogP contribution in [-0.2, 0) is 4.74 Å². The van der Waals surface area contributed by atoms with Crippen molar-refractivity contribution in [1.82, 2.24) is 15.1 Å². The number of hydrogen-bond acceptors (Lipinski definition) is 3. The van der Waals surface area contributed by atoms with Crippen molar-refractivity contribution < 1.29 is 9.53 Å². The van der Waals surface area contributed by atoms with E-state index in [-0.39, 0.29) is 11.3 Å². The summed E-state index contributed by atoms with van der Waals surface area (Å²) in [6, 6.07) is 9.54. The van der Waals surface area contributed by atoms with Crippen LogP contribution in [-0.4, -0.2) is 35.4 Å². The van der Waals surface area contributed by atoms with Crippen LogP contribution in [0, 0.1) is 19.3 Å². The van der Waals surface area contributed by atoms with Crippen LogP contribution in [0.5, 0.6) is 0 Å². The summed E-state index contributed by atoms with van der Waals surface area (Å²) in [4.78, 5) is 12.2. The van der Waals surface area contributed by atoms with E-state index in [4.69, 9.17) is 4.74 Å². The smallest absolute Gasteiger partial charge is 0.251 e. The van der Waals surface area contributed by atoms with Gasteiger partial charge in [-0.3, -0.25) is 4.79 Å². The molecule has 1 fully saturated rings. The zero-order valence-electron chi connectivity index (χ0n) is 13.2. The van der Waals surface area contributed by atoms with E-state index >= 15 is 0 Å². The summed E-state index contributed by atoms with van der Waals surface area (Å²) >= 11 is 0. The summed E-state index contributed by atoms with van der Waals surface area (Å²) in [5.41, 5.74) is 3.76. The quantitative estimate of drug-likeness (QED) is 0.942. The Balaban J connectivity index is 1.68. The molecule has 2 aromatic rings. The molecule has 22 heavy (non-hydrogen) atoms. The van der Waals surface area contributed by atoms with Crippen molar-refractivity contribution in [3.63, 3.8) is 0 Å². The lowest BCUT2D eigenvalue weighted by Gasteiger charge is -2.38. The number of benzene rings is 1. The van der Waals surface area contributed by atoms with Crippen molar-refractivity contribution in [3.8, 4) is 5.69 Å². The third-order valence-electron chi connectivity index (χ3n) is 3.96. The van der Waals surface area contributed by atoms with Gasteiger partial charge < -0.3 is 10.1 Å². The van der Waals surface area contributed by atoms with Crippen molar-refractivity contribution in [3.05, 3.63) is 47.3 Å². The average molecular weight is 299 g/mol. The van der Waals surface area contributed by atoms with Gasteiger partial charge in [-0.15, -0.1) is 0 Å². The molecule has 116 valence electrons. The van der Waals surface area contributed by atoms with Crippen LogP contribution in [0.4, 0.5) is 0 Å². The standard InChI is InChI=1S/C17H21N3O2/c1-12-8-13(2)20(19-12)15-6-4-14(5-7-15)16(21)18-9-17(3)10-22-11-17/h4-8H,9-11H2,1-3H3,(H,18,21). The number of nitrogens with one attached hydrogen (secondary N) is 1. The minimum Gasteiger partial charge on any atom is -0.380 e. The Bertz CT molecular complexity index is 684. The van der Waals surface area contributed by atoms with Crippen molar-refractivity contribution in [1.29, 1.82) is 0 Å². The number of rotatable bonds is 4. The Hall–Kier alpha value is -2.14. The first kappa shape index (κ1) is 14.8. The molecule has 0 atom stereocenters. The zero-order valence-corrected chi connectivity index (χ0v) is 13.2. The molecule has 3 rings (SSSR count). The number of carbonyl (C=O) groups is 1. The molecular formula is C17H21N3O2. The molecule has 0 bridgehead atoms. The molecule has 1 aromatic heterocycles. The molecule has 2 heterocycles. The second kappa shape index (κ2) is 5.57.